The first-order chi connectivity index (χ1) is 8.72. The van der Waals surface area contributed by atoms with Gasteiger partial charge in [0.05, 0.1) is 10.9 Å². The minimum atomic E-state index is 0.00416. The molecule has 2 saturated heterocycles. The Morgan fingerprint density at radius 3 is 3.06 bits per heavy atom. The second-order valence-corrected chi connectivity index (χ2v) is 6.30. The fourth-order valence-electron chi connectivity index (χ4n) is 2.55. The number of likely N-dealkylation sites (tertiary alicyclic amines) is 1. The minimum Gasteiger partial charge on any atom is -0.381 e. The SMILES string of the molecule is CO[C@@H]1CSC2(C1)CN(C(=O)c1ccncn1)C2. The molecule has 0 unspecified atom stereocenters. The summed E-state index contributed by atoms with van der Waals surface area (Å²) in [4.78, 5) is 21.8. The van der Waals surface area contributed by atoms with Gasteiger partial charge in [-0.2, -0.15) is 0 Å². The second kappa shape index (κ2) is 4.51. The highest BCUT2D eigenvalue weighted by Gasteiger charge is 2.50. The predicted molar refractivity (Wildman–Crippen MR) is 68.5 cm³/mol. The van der Waals surface area contributed by atoms with Gasteiger partial charge in [-0.1, -0.05) is 0 Å². The van der Waals surface area contributed by atoms with E-state index in [0.29, 0.717) is 11.8 Å². The van der Waals surface area contributed by atoms with Crippen molar-refractivity contribution in [1.82, 2.24) is 14.9 Å². The van der Waals surface area contributed by atoms with Gasteiger partial charge in [-0.15, -0.1) is 11.8 Å². The van der Waals surface area contributed by atoms with Crippen molar-refractivity contribution in [3.63, 3.8) is 0 Å². The molecule has 0 bridgehead atoms. The fourth-order valence-corrected chi connectivity index (χ4v) is 4.14. The number of rotatable bonds is 2. The summed E-state index contributed by atoms with van der Waals surface area (Å²) in [7, 11) is 1.76. The van der Waals surface area contributed by atoms with Crippen LogP contribution in [0.5, 0.6) is 0 Å². The molecule has 0 saturated carbocycles. The van der Waals surface area contributed by atoms with Crippen LogP contribution in [0.15, 0.2) is 18.6 Å². The summed E-state index contributed by atoms with van der Waals surface area (Å²) in [5.41, 5.74) is 0.478. The topological polar surface area (TPSA) is 55.3 Å². The molecule has 1 atom stereocenters. The molecule has 2 fully saturated rings. The van der Waals surface area contributed by atoms with Crippen molar-refractivity contribution in [2.75, 3.05) is 26.0 Å². The maximum absolute atomic E-state index is 12.1. The lowest BCUT2D eigenvalue weighted by Gasteiger charge is -2.47. The van der Waals surface area contributed by atoms with Crippen LogP contribution in [0, 0.1) is 0 Å². The van der Waals surface area contributed by atoms with E-state index in [2.05, 4.69) is 9.97 Å². The number of nitrogens with zero attached hydrogens (tertiary/aromatic N) is 3. The number of carbonyl (C=O) groups is 1. The van der Waals surface area contributed by atoms with E-state index < -0.39 is 0 Å². The Labute approximate surface area is 110 Å². The number of amides is 1. The van der Waals surface area contributed by atoms with Crippen LogP contribution in [0.1, 0.15) is 16.9 Å². The van der Waals surface area contributed by atoms with E-state index in [1.54, 1.807) is 19.4 Å². The third-order valence-corrected chi connectivity index (χ3v) is 5.13. The highest BCUT2D eigenvalue weighted by Crippen LogP contribution is 2.46. The maximum atomic E-state index is 12.1. The molecule has 3 rings (SSSR count). The zero-order valence-electron chi connectivity index (χ0n) is 10.2. The Morgan fingerprint density at radius 2 is 2.44 bits per heavy atom. The van der Waals surface area contributed by atoms with Crippen LogP contribution < -0.4 is 0 Å². The van der Waals surface area contributed by atoms with Crippen molar-refractivity contribution in [1.29, 1.82) is 0 Å². The summed E-state index contributed by atoms with van der Waals surface area (Å²) < 4.78 is 5.60. The molecule has 0 aliphatic carbocycles. The molecule has 0 N–H and O–H groups in total. The summed E-state index contributed by atoms with van der Waals surface area (Å²) in [5.74, 6) is 1.04. The van der Waals surface area contributed by atoms with Crippen molar-refractivity contribution in [3.05, 3.63) is 24.3 Å². The molecule has 0 radical (unpaired) electrons. The molecule has 0 aromatic carbocycles. The molecule has 1 spiro atoms. The summed E-state index contributed by atoms with van der Waals surface area (Å²) in [6, 6.07) is 1.66. The van der Waals surface area contributed by atoms with Gasteiger partial charge in [0, 0.05) is 32.1 Å². The standard InChI is InChI=1S/C12H15N3O2S/c1-17-9-4-12(18-5-9)6-15(7-12)11(16)10-2-3-13-8-14-10/h2-3,8-9H,4-7H2,1H3/t9-/m0/s1. The van der Waals surface area contributed by atoms with E-state index >= 15 is 0 Å². The molecule has 1 aromatic heterocycles. The van der Waals surface area contributed by atoms with Crippen LogP contribution in [-0.2, 0) is 4.74 Å². The number of hydrogen-bond acceptors (Lipinski definition) is 5. The quantitative estimate of drug-likeness (QED) is 0.792. The fraction of sp³-hybridized carbons (Fsp3) is 0.583. The highest BCUT2D eigenvalue weighted by atomic mass is 32.2. The zero-order valence-corrected chi connectivity index (χ0v) is 11.0. The van der Waals surface area contributed by atoms with Crippen LogP contribution in [0.25, 0.3) is 0 Å². The molecule has 96 valence electrons. The first-order valence-corrected chi connectivity index (χ1v) is 6.93. The van der Waals surface area contributed by atoms with Gasteiger partial charge in [-0.3, -0.25) is 4.79 Å². The number of methoxy groups -OCH3 is 1. The Hall–Kier alpha value is -1.14. The number of ether oxygens (including phenoxy) is 1. The predicted octanol–water partition coefficient (Wildman–Crippen LogP) is 0.823. The van der Waals surface area contributed by atoms with Crippen LogP contribution >= 0.6 is 11.8 Å². The van der Waals surface area contributed by atoms with Gasteiger partial charge in [-0.05, 0) is 12.5 Å². The molecule has 5 nitrogen and oxygen atoms in total. The Balaban J connectivity index is 1.61. The Bertz CT molecular complexity index is 448. The van der Waals surface area contributed by atoms with E-state index in [0.717, 1.165) is 25.3 Å². The molecule has 6 heteroatoms. The molecule has 18 heavy (non-hydrogen) atoms. The lowest BCUT2D eigenvalue weighted by molar-refractivity contribution is 0.0446. The lowest BCUT2D eigenvalue weighted by Crippen LogP contribution is -2.60. The van der Waals surface area contributed by atoms with Crippen LogP contribution in [0.2, 0.25) is 0 Å². The highest BCUT2D eigenvalue weighted by molar-refractivity contribution is 8.01. The van der Waals surface area contributed by atoms with Crippen LogP contribution in [0.4, 0.5) is 0 Å². The third-order valence-electron chi connectivity index (χ3n) is 3.55. The number of aromatic nitrogens is 2. The first-order valence-electron chi connectivity index (χ1n) is 5.94. The van der Waals surface area contributed by atoms with Gasteiger partial charge in [-0.25, -0.2) is 9.97 Å². The molecule has 2 aliphatic heterocycles. The van der Waals surface area contributed by atoms with Crippen LogP contribution in [-0.4, -0.2) is 57.6 Å². The molecule has 3 heterocycles. The van der Waals surface area contributed by atoms with Crippen molar-refractivity contribution >= 4 is 17.7 Å². The largest absolute Gasteiger partial charge is 0.381 e. The van der Waals surface area contributed by atoms with Gasteiger partial charge in [0.1, 0.15) is 12.0 Å². The van der Waals surface area contributed by atoms with Gasteiger partial charge in [0.15, 0.2) is 0 Å². The lowest BCUT2D eigenvalue weighted by atomic mass is 9.92. The monoisotopic (exact) mass is 265 g/mol. The second-order valence-electron chi connectivity index (χ2n) is 4.81. The van der Waals surface area contributed by atoms with Gasteiger partial charge < -0.3 is 9.64 Å². The van der Waals surface area contributed by atoms with Crippen molar-refractivity contribution in [2.45, 2.75) is 17.3 Å². The van der Waals surface area contributed by atoms with Gasteiger partial charge >= 0.3 is 0 Å². The molecular formula is C12H15N3O2S. The normalized spacial score (nSPS) is 25.2. The van der Waals surface area contributed by atoms with Crippen LogP contribution in [0.3, 0.4) is 0 Å². The average Bonchev–Trinajstić information content (AvgIpc) is 2.82. The van der Waals surface area contributed by atoms with Crippen molar-refractivity contribution in [2.24, 2.45) is 0 Å². The van der Waals surface area contributed by atoms with E-state index in [-0.39, 0.29) is 10.7 Å². The third kappa shape index (κ3) is 1.99. The maximum Gasteiger partial charge on any atom is 0.272 e. The Morgan fingerprint density at radius 1 is 1.61 bits per heavy atom. The van der Waals surface area contributed by atoms with Gasteiger partial charge in [0.25, 0.3) is 5.91 Å². The first kappa shape index (κ1) is 11.9. The summed E-state index contributed by atoms with van der Waals surface area (Å²) >= 11 is 1.93. The summed E-state index contributed by atoms with van der Waals surface area (Å²) in [6.45, 7) is 1.61. The van der Waals surface area contributed by atoms with Crippen molar-refractivity contribution < 1.29 is 9.53 Å². The Kier molecular flexibility index (Phi) is 2.99. The van der Waals surface area contributed by atoms with E-state index in [4.69, 9.17) is 4.74 Å². The summed E-state index contributed by atoms with van der Waals surface area (Å²) in [6.07, 6.45) is 4.39. The molecule has 1 amide bonds. The van der Waals surface area contributed by atoms with Gasteiger partial charge in [0.2, 0.25) is 0 Å². The molecule has 2 aliphatic rings. The number of hydrogen-bond donors (Lipinski definition) is 0. The van der Waals surface area contributed by atoms with E-state index in [9.17, 15) is 4.79 Å². The molecule has 1 aromatic rings. The summed E-state index contributed by atoms with van der Waals surface area (Å²) in [5, 5.41) is 0. The average molecular weight is 265 g/mol. The smallest absolute Gasteiger partial charge is 0.272 e. The van der Waals surface area contributed by atoms with E-state index in [1.165, 1.54) is 6.33 Å². The minimum absolute atomic E-state index is 0.00416. The molecular weight excluding hydrogens is 250 g/mol. The zero-order chi connectivity index (χ0) is 12.6. The van der Waals surface area contributed by atoms with E-state index in [1.807, 2.05) is 16.7 Å². The number of carbonyl (C=O) groups excluding carboxylic acids is 1. The number of thioether (sulfide) groups is 1. The van der Waals surface area contributed by atoms with Crippen molar-refractivity contribution in [3.8, 4) is 0 Å².